The lowest BCUT2D eigenvalue weighted by molar-refractivity contribution is 0.101. The van der Waals surface area contributed by atoms with Gasteiger partial charge in [0.05, 0.1) is 11.5 Å². The summed E-state index contributed by atoms with van der Waals surface area (Å²) in [4.78, 5) is 11.5. The first-order chi connectivity index (χ1) is 11.4. The Balaban J connectivity index is 2.30. The summed E-state index contributed by atoms with van der Waals surface area (Å²) in [7, 11) is -2.14. The van der Waals surface area contributed by atoms with Crippen LogP contribution in [0.25, 0.3) is 0 Å². The molecule has 0 spiro atoms. The molecule has 0 unspecified atom stereocenters. The van der Waals surface area contributed by atoms with E-state index in [1.807, 2.05) is 30.3 Å². The van der Waals surface area contributed by atoms with Gasteiger partial charge in [-0.2, -0.15) is 4.31 Å². The Labute approximate surface area is 142 Å². The number of hydrogen-bond acceptors (Lipinski definition) is 4. The summed E-state index contributed by atoms with van der Waals surface area (Å²) in [5.74, 6) is -0.0977. The fourth-order valence-electron chi connectivity index (χ4n) is 2.28. The van der Waals surface area contributed by atoms with E-state index >= 15 is 0 Å². The van der Waals surface area contributed by atoms with Gasteiger partial charge in [0.15, 0.2) is 5.78 Å². The van der Waals surface area contributed by atoms with Crippen LogP contribution in [0.5, 0.6) is 0 Å². The number of hydrogen-bond donors (Lipinski definition) is 0. The topological polar surface area (TPSA) is 63.7 Å². The van der Waals surface area contributed by atoms with E-state index in [-0.39, 0.29) is 23.8 Å². The average Bonchev–Trinajstić information content (AvgIpc) is 2.59. The molecule has 2 rings (SSSR count). The zero-order valence-electron chi connectivity index (χ0n) is 13.8. The number of nitrogens with zero attached hydrogens (tertiary/aromatic N) is 1. The number of rotatable bonds is 8. The maximum atomic E-state index is 12.9. The molecule has 0 heterocycles. The molecule has 0 saturated heterocycles. The van der Waals surface area contributed by atoms with Crippen molar-refractivity contribution in [2.75, 3.05) is 20.3 Å². The standard InChI is InChI=1S/C18H21NO4S/c1-15(20)17-8-10-18(11-9-17)24(21,22)19(12-13-23-2)14-16-6-4-3-5-7-16/h3-11H,12-14H2,1-2H3. The third-order valence-electron chi connectivity index (χ3n) is 3.65. The molecule has 0 bridgehead atoms. The van der Waals surface area contributed by atoms with Crippen LogP contribution in [0.15, 0.2) is 59.5 Å². The van der Waals surface area contributed by atoms with Gasteiger partial charge < -0.3 is 4.74 Å². The first-order valence-electron chi connectivity index (χ1n) is 7.59. The zero-order chi connectivity index (χ0) is 17.6. The number of sulfonamides is 1. The second kappa shape index (κ2) is 8.19. The van der Waals surface area contributed by atoms with Crippen molar-refractivity contribution in [1.82, 2.24) is 4.31 Å². The average molecular weight is 347 g/mol. The first kappa shape index (κ1) is 18.3. The van der Waals surface area contributed by atoms with Crippen molar-refractivity contribution in [2.45, 2.75) is 18.4 Å². The molecule has 0 aromatic heterocycles. The van der Waals surface area contributed by atoms with E-state index in [9.17, 15) is 13.2 Å². The number of carbonyl (C=O) groups is 1. The van der Waals surface area contributed by atoms with Crippen LogP contribution in [-0.2, 0) is 21.3 Å². The van der Waals surface area contributed by atoms with Crippen LogP contribution < -0.4 is 0 Å². The van der Waals surface area contributed by atoms with Crippen LogP contribution in [0, 0.1) is 0 Å². The van der Waals surface area contributed by atoms with Crippen molar-refractivity contribution in [2.24, 2.45) is 0 Å². The molecule has 0 atom stereocenters. The summed E-state index contributed by atoms with van der Waals surface area (Å²) < 4.78 is 32.2. The molecule has 0 radical (unpaired) electrons. The van der Waals surface area contributed by atoms with Crippen LogP contribution >= 0.6 is 0 Å². The Hall–Kier alpha value is -2.02. The van der Waals surface area contributed by atoms with Crippen LogP contribution in [0.1, 0.15) is 22.8 Å². The van der Waals surface area contributed by atoms with Crippen LogP contribution in [0.4, 0.5) is 0 Å². The highest BCUT2D eigenvalue weighted by molar-refractivity contribution is 7.89. The van der Waals surface area contributed by atoms with Gasteiger partial charge in [0.1, 0.15) is 0 Å². The SMILES string of the molecule is COCCN(Cc1ccccc1)S(=O)(=O)c1ccc(C(C)=O)cc1. The number of methoxy groups -OCH3 is 1. The molecular weight excluding hydrogens is 326 g/mol. The van der Waals surface area contributed by atoms with Crippen molar-refractivity contribution in [3.8, 4) is 0 Å². The molecule has 0 fully saturated rings. The second-order valence-corrected chi connectivity index (χ2v) is 7.34. The number of ketones is 1. The Kier molecular flexibility index (Phi) is 6.25. The smallest absolute Gasteiger partial charge is 0.243 e. The summed E-state index contributed by atoms with van der Waals surface area (Å²) in [6, 6.07) is 15.4. The molecular formula is C18H21NO4S. The Morgan fingerprint density at radius 1 is 1.04 bits per heavy atom. The van der Waals surface area contributed by atoms with E-state index in [4.69, 9.17) is 4.74 Å². The van der Waals surface area contributed by atoms with Crippen LogP contribution in [0.3, 0.4) is 0 Å². The fourth-order valence-corrected chi connectivity index (χ4v) is 3.69. The molecule has 0 N–H and O–H groups in total. The second-order valence-electron chi connectivity index (χ2n) is 5.40. The molecule has 24 heavy (non-hydrogen) atoms. The maximum absolute atomic E-state index is 12.9. The third-order valence-corrected chi connectivity index (χ3v) is 5.50. The third kappa shape index (κ3) is 4.50. The quantitative estimate of drug-likeness (QED) is 0.689. The van der Waals surface area contributed by atoms with Gasteiger partial charge in [-0.3, -0.25) is 4.79 Å². The molecule has 5 nitrogen and oxygen atoms in total. The van der Waals surface area contributed by atoms with Crippen molar-refractivity contribution in [3.63, 3.8) is 0 Å². The van der Waals surface area contributed by atoms with Crippen molar-refractivity contribution in [3.05, 3.63) is 65.7 Å². The molecule has 0 aliphatic carbocycles. The van der Waals surface area contributed by atoms with Crippen molar-refractivity contribution >= 4 is 15.8 Å². The number of carbonyl (C=O) groups excluding carboxylic acids is 1. The zero-order valence-corrected chi connectivity index (χ0v) is 14.6. The van der Waals surface area contributed by atoms with Gasteiger partial charge in [-0.1, -0.05) is 42.5 Å². The highest BCUT2D eigenvalue weighted by atomic mass is 32.2. The highest BCUT2D eigenvalue weighted by Crippen LogP contribution is 2.19. The Bertz CT molecular complexity index is 770. The van der Waals surface area contributed by atoms with E-state index in [1.165, 1.54) is 42.6 Å². The minimum atomic E-state index is -3.67. The maximum Gasteiger partial charge on any atom is 0.243 e. The lowest BCUT2D eigenvalue weighted by Crippen LogP contribution is -2.33. The lowest BCUT2D eigenvalue weighted by Gasteiger charge is -2.22. The van der Waals surface area contributed by atoms with Gasteiger partial charge >= 0.3 is 0 Å². The molecule has 6 heteroatoms. The molecule has 2 aromatic rings. The monoisotopic (exact) mass is 347 g/mol. The molecule has 0 amide bonds. The molecule has 0 aliphatic rings. The van der Waals surface area contributed by atoms with E-state index in [0.29, 0.717) is 12.2 Å². The largest absolute Gasteiger partial charge is 0.383 e. The van der Waals surface area contributed by atoms with Crippen LogP contribution in [0.2, 0.25) is 0 Å². The summed E-state index contributed by atoms with van der Waals surface area (Å²) in [6.45, 7) is 2.27. The summed E-state index contributed by atoms with van der Waals surface area (Å²) in [6.07, 6.45) is 0. The first-order valence-corrected chi connectivity index (χ1v) is 9.03. The fraction of sp³-hybridized carbons (Fsp3) is 0.278. The predicted molar refractivity (Wildman–Crippen MR) is 92.4 cm³/mol. The van der Waals surface area contributed by atoms with Gasteiger partial charge in [-0.15, -0.1) is 0 Å². The number of ether oxygens (including phenoxy) is 1. The van der Waals surface area contributed by atoms with Gasteiger partial charge in [0.2, 0.25) is 10.0 Å². The molecule has 2 aromatic carbocycles. The summed E-state index contributed by atoms with van der Waals surface area (Å²) >= 11 is 0. The van der Waals surface area contributed by atoms with Crippen molar-refractivity contribution in [1.29, 1.82) is 0 Å². The summed E-state index contributed by atoms with van der Waals surface area (Å²) in [5, 5.41) is 0. The minimum absolute atomic E-state index is 0.0977. The lowest BCUT2D eigenvalue weighted by atomic mass is 10.2. The predicted octanol–water partition coefficient (Wildman–Crippen LogP) is 2.73. The van der Waals surface area contributed by atoms with E-state index in [0.717, 1.165) is 5.56 Å². The van der Waals surface area contributed by atoms with Gasteiger partial charge in [0.25, 0.3) is 0 Å². The Morgan fingerprint density at radius 3 is 2.21 bits per heavy atom. The van der Waals surface area contributed by atoms with Gasteiger partial charge in [-0.05, 0) is 24.6 Å². The van der Waals surface area contributed by atoms with Crippen molar-refractivity contribution < 1.29 is 17.9 Å². The number of Topliss-reactive ketones (excluding diaryl/α,β-unsaturated/α-hetero) is 1. The molecule has 128 valence electrons. The van der Waals surface area contributed by atoms with E-state index < -0.39 is 10.0 Å². The van der Waals surface area contributed by atoms with Crippen LogP contribution in [-0.4, -0.2) is 38.8 Å². The number of benzene rings is 2. The van der Waals surface area contributed by atoms with Gasteiger partial charge in [-0.25, -0.2) is 8.42 Å². The Morgan fingerprint density at radius 2 is 1.67 bits per heavy atom. The molecule has 0 saturated carbocycles. The highest BCUT2D eigenvalue weighted by Gasteiger charge is 2.24. The van der Waals surface area contributed by atoms with E-state index in [2.05, 4.69) is 0 Å². The normalized spacial score (nSPS) is 11.6. The van der Waals surface area contributed by atoms with E-state index in [1.54, 1.807) is 0 Å². The minimum Gasteiger partial charge on any atom is -0.383 e. The van der Waals surface area contributed by atoms with Gasteiger partial charge in [0, 0.05) is 25.8 Å². The summed E-state index contributed by atoms with van der Waals surface area (Å²) in [5.41, 5.74) is 1.39. The molecule has 0 aliphatic heterocycles.